The molecule has 0 radical (unpaired) electrons. The van der Waals surface area contributed by atoms with Gasteiger partial charge in [-0.2, -0.15) is 0 Å². The maximum Gasteiger partial charge on any atom is 0.244 e. The topological polar surface area (TPSA) is 86.8 Å². The number of rotatable bonds is 10. The zero-order valence-electron chi connectivity index (χ0n) is 22.8. The summed E-state index contributed by atoms with van der Waals surface area (Å²) in [6.45, 7) is 7.39. The Morgan fingerprint density at radius 3 is 2.19 bits per heavy atom. The molecule has 2 aromatic rings. The predicted molar refractivity (Wildman–Crippen MR) is 149 cm³/mol. The van der Waals surface area contributed by atoms with E-state index >= 15 is 0 Å². The summed E-state index contributed by atoms with van der Waals surface area (Å²) in [5.41, 5.74) is 4.00. The number of benzene rings is 2. The molecular weight excluding hydrogens is 486 g/mol. The predicted octanol–water partition coefficient (Wildman–Crippen LogP) is 4.63. The molecule has 1 aliphatic carbocycles. The number of hydrogen-bond donors (Lipinski definition) is 1. The molecule has 1 unspecified atom stereocenters. The Morgan fingerprint density at radius 2 is 1.62 bits per heavy atom. The van der Waals surface area contributed by atoms with E-state index in [9.17, 15) is 18.0 Å². The molecule has 1 saturated carbocycles. The third-order valence-electron chi connectivity index (χ3n) is 7.14. The normalized spacial score (nSPS) is 15.2. The van der Waals surface area contributed by atoms with Crippen LogP contribution in [0.4, 0.5) is 5.69 Å². The smallest absolute Gasteiger partial charge is 0.244 e. The van der Waals surface area contributed by atoms with Crippen LogP contribution < -0.4 is 9.62 Å². The largest absolute Gasteiger partial charge is 0.352 e. The van der Waals surface area contributed by atoms with Crippen LogP contribution in [0.2, 0.25) is 0 Å². The highest BCUT2D eigenvalue weighted by Crippen LogP contribution is 2.27. The van der Waals surface area contributed by atoms with Gasteiger partial charge < -0.3 is 10.2 Å². The first-order chi connectivity index (χ1) is 17.5. The SMILES string of the molecule is CCC(C(=O)NC1CCCCC1)N(Cc1cccc(C)c1)C(=O)CN(c1c(C)cccc1C)S(C)(=O)=O. The molecule has 7 nitrogen and oxygen atoms in total. The summed E-state index contributed by atoms with van der Waals surface area (Å²) >= 11 is 0. The number of carbonyl (C=O) groups excluding carboxylic acids is 2. The Balaban J connectivity index is 1.95. The Bertz CT molecular complexity index is 1190. The van der Waals surface area contributed by atoms with Crippen molar-refractivity contribution in [1.29, 1.82) is 0 Å². The first kappa shape index (κ1) is 28.7. The molecular formula is C29H41N3O4S. The van der Waals surface area contributed by atoms with Gasteiger partial charge in [0, 0.05) is 12.6 Å². The highest BCUT2D eigenvalue weighted by Gasteiger charge is 2.33. The molecule has 8 heteroatoms. The average molecular weight is 528 g/mol. The number of hydrogen-bond acceptors (Lipinski definition) is 4. The van der Waals surface area contributed by atoms with Crippen molar-refractivity contribution in [3.63, 3.8) is 0 Å². The lowest BCUT2D eigenvalue weighted by Gasteiger charge is -2.34. The van der Waals surface area contributed by atoms with Crippen molar-refractivity contribution in [1.82, 2.24) is 10.2 Å². The number of nitrogens with zero attached hydrogens (tertiary/aromatic N) is 2. The molecule has 37 heavy (non-hydrogen) atoms. The first-order valence-electron chi connectivity index (χ1n) is 13.2. The van der Waals surface area contributed by atoms with Crippen LogP contribution in [-0.2, 0) is 26.2 Å². The minimum Gasteiger partial charge on any atom is -0.352 e. The van der Waals surface area contributed by atoms with E-state index in [-0.39, 0.29) is 25.0 Å². The third kappa shape index (κ3) is 7.57. The quantitative estimate of drug-likeness (QED) is 0.488. The van der Waals surface area contributed by atoms with Crippen LogP contribution in [0.1, 0.15) is 67.7 Å². The molecule has 0 spiro atoms. The van der Waals surface area contributed by atoms with Crippen LogP contribution in [0, 0.1) is 20.8 Å². The minimum atomic E-state index is -3.76. The summed E-state index contributed by atoms with van der Waals surface area (Å²) in [6, 6.07) is 12.8. The number of sulfonamides is 1. The van der Waals surface area contributed by atoms with Gasteiger partial charge in [0.1, 0.15) is 12.6 Å². The molecule has 1 aliphatic rings. The fourth-order valence-electron chi connectivity index (χ4n) is 5.25. The van der Waals surface area contributed by atoms with E-state index in [1.54, 1.807) is 4.90 Å². The standard InChI is InChI=1S/C29H41N3O4S/c1-6-26(29(34)30-25-16-8-7-9-17-25)31(19-24-15-10-12-21(2)18-24)27(33)20-32(37(5,35)36)28-22(3)13-11-14-23(28)4/h10-15,18,25-26H,6-9,16-17,19-20H2,1-5H3,(H,30,34). The molecule has 0 heterocycles. The summed E-state index contributed by atoms with van der Waals surface area (Å²) in [5, 5.41) is 3.17. The van der Waals surface area contributed by atoms with Gasteiger partial charge in [0.05, 0.1) is 11.9 Å². The van der Waals surface area contributed by atoms with E-state index in [2.05, 4.69) is 5.32 Å². The number of para-hydroxylation sites is 1. The highest BCUT2D eigenvalue weighted by molar-refractivity contribution is 7.92. The fraction of sp³-hybridized carbons (Fsp3) is 0.517. The monoisotopic (exact) mass is 527 g/mol. The van der Waals surface area contributed by atoms with E-state index in [0.29, 0.717) is 12.1 Å². The Morgan fingerprint density at radius 1 is 1.00 bits per heavy atom. The van der Waals surface area contributed by atoms with E-state index in [1.165, 1.54) is 10.7 Å². The average Bonchev–Trinajstić information content (AvgIpc) is 2.83. The molecule has 0 bridgehead atoms. The van der Waals surface area contributed by atoms with E-state index in [1.807, 2.05) is 70.2 Å². The third-order valence-corrected chi connectivity index (χ3v) is 8.25. The molecule has 0 aromatic heterocycles. The number of anilines is 1. The number of amides is 2. The van der Waals surface area contributed by atoms with Crippen molar-refractivity contribution in [2.24, 2.45) is 0 Å². The van der Waals surface area contributed by atoms with Crippen LogP contribution in [0.15, 0.2) is 42.5 Å². The van der Waals surface area contributed by atoms with Gasteiger partial charge in [0.15, 0.2) is 0 Å². The van der Waals surface area contributed by atoms with Gasteiger partial charge in [-0.25, -0.2) is 8.42 Å². The van der Waals surface area contributed by atoms with Crippen LogP contribution in [0.25, 0.3) is 0 Å². The second-order valence-corrected chi connectivity index (χ2v) is 12.2. The zero-order valence-corrected chi connectivity index (χ0v) is 23.6. The Kier molecular flexibility index (Phi) is 9.76. The maximum atomic E-state index is 13.9. The number of aryl methyl sites for hydroxylation is 3. The van der Waals surface area contributed by atoms with E-state index < -0.39 is 22.0 Å². The van der Waals surface area contributed by atoms with Crippen LogP contribution in [0.3, 0.4) is 0 Å². The molecule has 0 saturated heterocycles. The van der Waals surface area contributed by atoms with Gasteiger partial charge in [-0.05, 0) is 56.7 Å². The molecule has 1 N–H and O–H groups in total. The van der Waals surface area contributed by atoms with Crippen LogP contribution in [-0.4, -0.2) is 50.0 Å². The second-order valence-electron chi connectivity index (χ2n) is 10.3. The molecule has 202 valence electrons. The second kappa shape index (κ2) is 12.6. The summed E-state index contributed by atoms with van der Waals surface area (Å²) in [6.07, 6.45) is 6.80. The molecule has 1 fully saturated rings. The van der Waals surface area contributed by atoms with Gasteiger partial charge in [-0.3, -0.25) is 13.9 Å². The lowest BCUT2D eigenvalue weighted by atomic mass is 9.95. The van der Waals surface area contributed by atoms with Crippen molar-refractivity contribution in [3.05, 3.63) is 64.7 Å². The van der Waals surface area contributed by atoms with E-state index in [0.717, 1.165) is 54.2 Å². The molecule has 0 aliphatic heterocycles. The minimum absolute atomic E-state index is 0.119. The summed E-state index contributed by atoms with van der Waals surface area (Å²) in [7, 11) is -3.76. The molecule has 1 atom stereocenters. The van der Waals surface area contributed by atoms with Gasteiger partial charge in [0.2, 0.25) is 21.8 Å². The van der Waals surface area contributed by atoms with Crippen LogP contribution in [0.5, 0.6) is 0 Å². The lowest BCUT2D eigenvalue weighted by molar-refractivity contribution is -0.140. The van der Waals surface area contributed by atoms with Crippen molar-refractivity contribution in [2.75, 3.05) is 17.1 Å². The summed E-state index contributed by atoms with van der Waals surface area (Å²) in [4.78, 5) is 28.9. The first-order valence-corrected chi connectivity index (χ1v) is 15.1. The maximum absolute atomic E-state index is 13.9. The highest BCUT2D eigenvalue weighted by atomic mass is 32.2. The zero-order chi connectivity index (χ0) is 27.2. The molecule has 2 amide bonds. The van der Waals surface area contributed by atoms with Gasteiger partial charge in [0.25, 0.3) is 0 Å². The van der Waals surface area contributed by atoms with Crippen molar-refractivity contribution in [3.8, 4) is 0 Å². The Hall–Kier alpha value is -2.87. The molecule has 3 rings (SSSR count). The van der Waals surface area contributed by atoms with Crippen LogP contribution >= 0.6 is 0 Å². The van der Waals surface area contributed by atoms with Crippen molar-refractivity contribution in [2.45, 2.75) is 84.8 Å². The van der Waals surface area contributed by atoms with Gasteiger partial charge in [-0.15, -0.1) is 0 Å². The van der Waals surface area contributed by atoms with Gasteiger partial charge >= 0.3 is 0 Å². The summed E-state index contributed by atoms with van der Waals surface area (Å²) < 4.78 is 27.0. The van der Waals surface area contributed by atoms with Crippen molar-refractivity contribution < 1.29 is 18.0 Å². The lowest BCUT2D eigenvalue weighted by Crippen LogP contribution is -2.54. The summed E-state index contributed by atoms with van der Waals surface area (Å²) in [5.74, 6) is -0.575. The fourth-order valence-corrected chi connectivity index (χ4v) is 6.21. The number of nitrogens with one attached hydrogen (secondary N) is 1. The number of carbonyl (C=O) groups is 2. The molecule has 2 aromatic carbocycles. The van der Waals surface area contributed by atoms with Crippen molar-refractivity contribution >= 4 is 27.5 Å². The Labute approximate surface area is 222 Å². The van der Waals surface area contributed by atoms with Gasteiger partial charge in [-0.1, -0.05) is 74.2 Å². The van der Waals surface area contributed by atoms with E-state index in [4.69, 9.17) is 0 Å².